The van der Waals surface area contributed by atoms with E-state index in [1.54, 1.807) is 0 Å². The Balaban J connectivity index is 2.22. The lowest BCUT2D eigenvalue weighted by Crippen LogP contribution is -1.92. The van der Waals surface area contributed by atoms with Crippen LogP contribution in [-0.2, 0) is 0 Å². The van der Waals surface area contributed by atoms with Crippen LogP contribution in [0.4, 0.5) is 0 Å². The molecule has 95 valence electrons. The van der Waals surface area contributed by atoms with E-state index in [0.29, 0.717) is 0 Å². The third kappa shape index (κ3) is 1.69. The van der Waals surface area contributed by atoms with Crippen LogP contribution in [0.5, 0.6) is 0 Å². The van der Waals surface area contributed by atoms with Crippen LogP contribution < -0.4 is 0 Å². The number of halogens is 1. The molecule has 0 saturated heterocycles. The zero-order valence-corrected chi connectivity index (χ0v) is 12.3. The van der Waals surface area contributed by atoms with Gasteiger partial charge in [-0.3, -0.25) is 0 Å². The molecular formula is C18H11BrN. The maximum atomic E-state index is 3.54. The second-order valence-corrected chi connectivity index (χ2v) is 5.68. The van der Waals surface area contributed by atoms with Gasteiger partial charge in [-0.25, -0.2) is 0 Å². The van der Waals surface area contributed by atoms with Crippen molar-refractivity contribution in [2.24, 2.45) is 0 Å². The molecule has 20 heavy (non-hydrogen) atoms. The summed E-state index contributed by atoms with van der Waals surface area (Å²) < 4.78 is 3.32. The Kier molecular flexibility index (Phi) is 2.64. The van der Waals surface area contributed by atoms with Gasteiger partial charge in [0.1, 0.15) is 0 Å². The quantitative estimate of drug-likeness (QED) is 0.445. The summed E-state index contributed by atoms with van der Waals surface area (Å²) in [5, 5.41) is 2.47. The number of para-hydroxylation sites is 2. The molecule has 0 fully saturated rings. The summed E-state index contributed by atoms with van der Waals surface area (Å²) in [6.45, 7) is 0. The van der Waals surface area contributed by atoms with Gasteiger partial charge in [0.05, 0.1) is 11.0 Å². The second kappa shape index (κ2) is 4.50. The minimum absolute atomic E-state index is 1.06. The van der Waals surface area contributed by atoms with Crippen LogP contribution in [-0.4, -0.2) is 4.57 Å². The minimum atomic E-state index is 1.06. The van der Waals surface area contributed by atoms with Gasteiger partial charge < -0.3 is 4.57 Å². The molecule has 0 unspecified atom stereocenters. The fourth-order valence-corrected chi connectivity index (χ4v) is 3.06. The molecular weight excluding hydrogens is 310 g/mol. The van der Waals surface area contributed by atoms with Crippen LogP contribution in [0.1, 0.15) is 0 Å². The first kappa shape index (κ1) is 11.7. The maximum Gasteiger partial charge on any atom is 0.0621 e. The summed E-state index contributed by atoms with van der Waals surface area (Å²) >= 11 is 3.54. The highest BCUT2D eigenvalue weighted by atomic mass is 79.9. The molecule has 1 radical (unpaired) electrons. The van der Waals surface area contributed by atoms with Crippen molar-refractivity contribution in [2.45, 2.75) is 0 Å². The lowest BCUT2D eigenvalue weighted by Gasteiger charge is -2.06. The van der Waals surface area contributed by atoms with E-state index < -0.39 is 0 Å². The molecule has 3 aromatic carbocycles. The van der Waals surface area contributed by atoms with E-state index in [4.69, 9.17) is 0 Å². The maximum absolute atomic E-state index is 3.54. The van der Waals surface area contributed by atoms with Crippen LogP contribution in [0.15, 0.2) is 71.2 Å². The highest BCUT2D eigenvalue weighted by molar-refractivity contribution is 9.10. The first-order chi connectivity index (χ1) is 9.84. The zero-order chi connectivity index (χ0) is 13.5. The van der Waals surface area contributed by atoms with Gasteiger partial charge >= 0.3 is 0 Å². The van der Waals surface area contributed by atoms with Crippen molar-refractivity contribution in [2.75, 3.05) is 0 Å². The predicted molar refractivity (Wildman–Crippen MR) is 87.3 cm³/mol. The van der Waals surface area contributed by atoms with Crippen molar-refractivity contribution in [3.8, 4) is 5.69 Å². The minimum Gasteiger partial charge on any atom is -0.309 e. The average molecular weight is 321 g/mol. The first-order valence-corrected chi connectivity index (χ1v) is 7.30. The van der Waals surface area contributed by atoms with E-state index >= 15 is 0 Å². The third-order valence-corrected chi connectivity index (χ3v) is 4.02. The molecule has 2 heteroatoms. The highest BCUT2D eigenvalue weighted by Gasteiger charge is 2.11. The Hall–Kier alpha value is -2.06. The van der Waals surface area contributed by atoms with Crippen LogP contribution >= 0.6 is 15.9 Å². The molecule has 0 aliphatic rings. The Morgan fingerprint density at radius 1 is 0.850 bits per heavy atom. The van der Waals surface area contributed by atoms with Crippen molar-refractivity contribution < 1.29 is 0 Å². The van der Waals surface area contributed by atoms with Crippen molar-refractivity contribution in [3.05, 3.63) is 77.3 Å². The van der Waals surface area contributed by atoms with Gasteiger partial charge in [0, 0.05) is 27.0 Å². The van der Waals surface area contributed by atoms with Gasteiger partial charge in [0.2, 0.25) is 0 Å². The van der Waals surface area contributed by atoms with Gasteiger partial charge in [-0.15, -0.1) is 0 Å². The molecule has 0 spiro atoms. The highest BCUT2D eigenvalue weighted by Crippen LogP contribution is 2.32. The topological polar surface area (TPSA) is 4.93 Å². The van der Waals surface area contributed by atoms with Gasteiger partial charge in [0.15, 0.2) is 0 Å². The smallest absolute Gasteiger partial charge is 0.0621 e. The Morgan fingerprint density at radius 3 is 2.45 bits per heavy atom. The summed E-state index contributed by atoms with van der Waals surface area (Å²) in [6, 6.07) is 26.4. The summed E-state index contributed by atoms with van der Waals surface area (Å²) in [6.07, 6.45) is 0. The molecule has 0 saturated carbocycles. The molecule has 0 N–H and O–H groups in total. The number of fused-ring (bicyclic) bond motifs is 3. The molecule has 0 aliphatic heterocycles. The van der Waals surface area contributed by atoms with E-state index in [1.807, 2.05) is 12.1 Å². The second-order valence-electron chi connectivity index (χ2n) is 4.77. The standard InChI is InChI=1S/C18H11BrN/c19-13-10-11-18-16(12-13)15-8-4-5-9-17(15)20(18)14-6-2-1-3-7-14/h1-10,12H. The van der Waals surface area contributed by atoms with E-state index in [0.717, 1.165) is 15.7 Å². The number of aromatic nitrogens is 1. The molecule has 0 aliphatic carbocycles. The van der Waals surface area contributed by atoms with Gasteiger partial charge in [-0.2, -0.15) is 0 Å². The number of benzene rings is 3. The lowest BCUT2D eigenvalue weighted by molar-refractivity contribution is 1.18. The normalized spacial score (nSPS) is 11.2. The number of hydrogen-bond donors (Lipinski definition) is 0. The Bertz CT molecular complexity index is 907. The molecule has 4 aromatic rings. The van der Waals surface area contributed by atoms with E-state index in [1.165, 1.54) is 16.3 Å². The van der Waals surface area contributed by atoms with Crippen LogP contribution in [0, 0.1) is 6.07 Å². The largest absolute Gasteiger partial charge is 0.309 e. The molecule has 0 amide bonds. The van der Waals surface area contributed by atoms with E-state index in [9.17, 15) is 0 Å². The van der Waals surface area contributed by atoms with Gasteiger partial charge in [-0.05, 0) is 30.3 Å². The molecule has 4 rings (SSSR count). The zero-order valence-electron chi connectivity index (χ0n) is 10.7. The molecule has 1 nitrogen and oxygen atoms in total. The third-order valence-electron chi connectivity index (χ3n) is 3.56. The number of hydrogen-bond acceptors (Lipinski definition) is 0. The van der Waals surface area contributed by atoms with Crippen LogP contribution in [0.2, 0.25) is 0 Å². The summed E-state index contributed by atoms with van der Waals surface area (Å²) in [5.41, 5.74) is 3.49. The fourth-order valence-electron chi connectivity index (χ4n) is 2.72. The summed E-state index contributed by atoms with van der Waals surface area (Å²) in [4.78, 5) is 0. The molecule has 0 atom stereocenters. The van der Waals surface area contributed by atoms with Crippen molar-refractivity contribution >= 4 is 37.7 Å². The Morgan fingerprint density at radius 2 is 1.60 bits per heavy atom. The molecule has 1 heterocycles. The Labute approximate surface area is 125 Å². The van der Waals surface area contributed by atoms with Gasteiger partial charge in [0.25, 0.3) is 0 Å². The van der Waals surface area contributed by atoms with Gasteiger partial charge in [-0.1, -0.05) is 52.3 Å². The van der Waals surface area contributed by atoms with Crippen molar-refractivity contribution in [1.29, 1.82) is 0 Å². The van der Waals surface area contributed by atoms with E-state index in [2.05, 4.69) is 81.2 Å². The van der Waals surface area contributed by atoms with Crippen molar-refractivity contribution in [3.63, 3.8) is 0 Å². The van der Waals surface area contributed by atoms with Crippen LogP contribution in [0.25, 0.3) is 27.5 Å². The van der Waals surface area contributed by atoms with Crippen LogP contribution in [0.3, 0.4) is 0 Å². The molecule has 0 bridgehead atoms. The predicted octanol–water partition coefficient (Wildman–Crippen LogP) is 5.35. The van der Waals surface area contributed by atoms with Crippen molar-refractivity contribution in [1.82, 2.24) is 4.57 Å². The average Bonchev–Trinajstić information content (AvgIpc) is 2.82. The SMILES string of the molecule is Brc1c[c]c2c(c1)c1ccccc1n2-c1ccccc1. The monoisotopic (exact) mass is 320 g/mol. The lowest BCUT2D eigenvalue weighted by atomic mass is 10.2. The van der Waals surface area contributed by atoms with E-state index in [-0.39, 0.29) is 0 Å². The summed E-state index contributed by atoms with van der Waals surface area (Å²) in [5.74, 6) is 0. The number of rotatable bonds is 1. The first-order valence-electron chi connectivity index (χ1n) is 6.50. The fraction of sp³-hybridized carbons (Fsp3) is 0. The number of nitrogens with zero attached hydrogens (tertiary/aromatic N) is 1. The summed E-state index contributed by atoms with van der Waals surface area (Å²) in [7, 11) is 0. The molecule has 1 aromatic heterocycles.